The van der Waals surface area contributed by atoms with Crippen molar-refractivity contribution < 1.29 is 8.78 Å². The van der Waals surface area contributed by atoms with Gasteiger partial charge in [-0.15, -0.1) is 0 Å². The first-order valence-electron chi connectivity index (χ1n) is 5.70. The maximum absolute atomic E-state index is 14.1. The molecule has 1 fully saturated rings. The second-order valence-electron chi connectivity index (χ2n) is 5.88. The Hall–Kier alpha value is -1.44. The van der Waals surface area contributed by atoms with Crippen LogP contribution in [0.4, 0.5) is 8.78 Å². The van der Waals surface area contributed by atoms with Crippen LogP contribution in [-0.2, 0) is 11.5 Å². The summed E-state index contributed by atoms with van der Waals surface area (Å²) in [6.45, 7) is 5.46. The average Bonchev–Trinajstić information content (AvgIpc) is 2.83. The molecule has 1 aromatic rings. The van der Waals surface area contributed by atoms with E-state index >= 15 is 0 Å². The van der Waals surface area contributed by atoms with Gasteiger partial charge in [-0.25, -0.2) is 0 Å². The zero-order valence-corrected chi connectivity index (χ0v) is 9.96. The van der Waals surface area contributed by atoms with Crippen LogP contribution in [0.5, 0.6) is 0 Å². The molecule has 1 saturated carbocycles. The highest BCUT2D eigenvalue weighted by atomic mass is 19.3. The second-order valence-corrected chi connectivity index (χ2v) is 5.88. The molecule has 2 unspecified atom stereocenters. The SMILES string of the molecule is CC(C)(C)n1nc(C#N)c2c1C(F)(F)C1CC21. The van der Waals surface area contributed by atoms with Crippen molar-refractivity contribution in [3.8, 4) is 6.07 Å². The van der Waals surface area contributed by atoms with Gasteiger partial charge in [0.15, 0.2) is 5.69 Å². The Labute approximate surface area is 98.0 Å². The van der Waals surface area contributed by atoms with E-state index in [1.165, 1.54) is 4.68 Å². The number of hydrogen-bond donors (Lipinski definition) is 0. The van der Waals surface area contributed by atoms with Gasteiger partial charge >= 0.3 is 0 Å². The minimum absolute atomic E-state index is 0.0252. The van der Waals surface area contributed by atoms with Gasteiger partial charge in [-0.3, -0.25) is 4.68 Å². The van der Waals surface area contributed by atoms with Gasteiger partial charge in [0.1, 0.15) is 11.8 Å². The topological polar surface area (TPSA) is 41.6 Å². The number of nitrogens with zero attached hydrogens (tertiary/aromatic N) is 3. The molecule has 5 heteroatoms. The Morgan fingerprint density at radius 3 is 2.65 bits per heavy atom. The molecule has 90 valence electrons. The van der Waals surface area contributed by atoms with E-state index in [0.29, 0.717) is 12.0 Å². The number of halogens is 2. The lowest BCUT2D eigenvalue weighted by Crippen LogP contribution is -2.30. The molecule has 0 radical (unpaired) electrons. The highest BCUT2D eigenvalue weighted by Gasteiger charge is 2.67. The molecule has 3 nitrogen and oxygen atoms in total. The number of fused-ring (bicyclic) bond motifs is 3. The van der Waals surface area contributed by atoms with Gasteiger partial charge in [0.05, 0.1) is 5.54 Å². The first-order valence-corrected chi connectivity index (χ1v) is 5.70. The summed E-state index contributed by atoms with van der Waals surface area (Å²) in [6.07, 6.45) is 0.491. The molecule has 0 aliphatic heterocycles. The van der Waals surface area contributed by atoms with Gasteiger partial charge in [-0.1, -0.05) is 0 Å². The van der Waals surface area contributed by atoms with Crippen molar-refractivity contribution in [3.63, 3.8) is 0 Å². The lowest BCUT2D eigenvalue weighted by Gasteiger charge is -2.25. The molecule has 2 aliphatic carbocycles. The fraction of sp³-hybridized carbons (Fsp3) is 0.667. The molecular formula is C12H13F2N3. The van der Waals surface area contributed by atoms with Gasteiger partial charge in [0.2, 0.25) is 0 Å². The summed E-state index contributed by atoms with van der Waals surface area (Å²) in [4.78, 5) is 0. The Bertz CT molecular complexity index is 545. The van der Waals surface area contributed by atoms with Gasteiger partial charge in [-0.05, 0) is 33.1 Å². The predicted molar refractivity (Wildman–Crippen MR) is 56.7 cm³/mol. The number of rotatable bonds is 0. The van der Waals surface area contributed by atoms with Gasteiger partial charge in [-0.2, -0.15) is 19.1 Å². The normalized spacial score (nSPS) is 28.5. The van der Waals surface area contributed by atoms with Crippen molar-refractivity contribution in [2.45, 2.75) is 44.6 Å². The van der Waals surface area contributed by atoms with E-state index in [-0.39, 0.29) is 17.3 Å². The summed E-state index contributed by atoms with van der Waals surface area (Å²) >= 11 is 0. The first kappa shape index (κ1) is 10.7. The van der Waals surface area contributed by atoms with E-state index in [9.17, 15) is 8.78 Å². The molecule has 0 saturated heterocycles. The third-order valence-electron chi connectivity index (χ3n) is 3.61. The summed E-state index contributed by atoms with van der Waals surface area (Å²) in [5.74, 6) is -3.57. The van der Waals surface area contributed by atoms with Crippen LogP contribution in [0.15, 0.2) is 0 Å². The van der Waals surface area contributed by atoms with Crippen LogP contribution in [0.2, 0.25) is 0 Å². The molecule has 3 rings (SSSR count). The molecule has 1 aromatic heterocycles. The highest BCUT2D eigenvalue weighted by Crippen LogP contribution is 2.67. The van der Waals surface area contributed by atoms with Crippen LogP contribution in [0.3, 0.4) is 0 Å². The predicted octanol–water partition coefficient (Wildman–Crippen LogP) is 2.72. The summed E-state index contributed by atoms with van der Waals surface area (Å²) in [5, 5.41) is 13.1. The lowest BCUT2D eigenvalue weighted by molar-refractivity contribution is -0.0342. The third kappa shape index (κ3) is 1.16. The van der Waals surface area contributed by atoms with Crippen molar-refractivity contribution in [1.29, 1.82) is 5.26 Å². The summed E-state index contributed by atoms with van der Waals surface area (Å²) in [6, 6.07) is 1.95. The molecule has 0 spiro atoms. The van der Waals surface area contributed by atoms with Crippen LogP contribution in [0.25, 0.3) is 0 Å². The van der Waals surface area contributed by atoms with Crippen LogP contribution in [0.1, 0.15) is 50.1 Å². The Balaban J connectivity index is 2.30. The van der Waals surface area contributed by atoms with Gasteiger partial charge < -0.3 is 0 Å². The Morgan fingerprint density at radius 2 is 2.12 bits per heavy atom. The third-order valence-corrected chi connectivity index (χ3v) is 3.61. The first-order chi connectivity index (χ1) is 7.78. The zero-order valence-electron chi connectivity index (χ0n) is 9.96. The molecular weight excluding hydrogens is 224 g/mol. The number of alkyl halides is 2. The molecule has 2 aliphatic rings. The standard InChI is InChI=1S/C12H13F2N3/c1-11(2,3)17-10-9(8(5-15)16-17)6-4-7(6)12(10,13)14/h6-7H,4H2,1-3H3. The fourth-order valence-electron chi connectivity index (χ4n) is 2.76. The van der Waals surface area contributed by atoms with E-state index in [4.69, 9.17) is 5.26 Å². The van der Waals surface area contributed by atoms with Crippen LogP contribution in [0, 0.1) is 17.2 Å². The highest BCUT2D eigenvalue weighted by molar-refractivity contribution is 5.50. The Kier molecular flexibility index (Phi) is 1.69. The monoisotopic (exact) mass is 237 g/mol. The van der Waals surface area contributed by atoms with Gasteiger partial charge in [0.25, 0.3) is 5.92 Å². The molecule has 1 heterocycles. The molecule has 2 atom stereocenters. The van der Waals surface area contributed by atoms with Crippen LogP contribution in [-0.4, -0.2) is 9.78 Å². The number of hydrogen-bond acceptors (Lipinski definition) is 2. The number of aromatic nitrogens is 2. The summed E-state index contributed by atoms with van der Waals surface area (Å²) in [5.41, 5.74) is 0.124. The largest absolute Gasteiger partial charge is 0.293 e. The minimum atomic E-state index is -2.82. The van der Waals surface area contributed by atoms with E-state index < -0.39 is 17.4 Å². The summed E-state index contributed by atoms with van der Waals surface area (Å²) < 4.78 is 29.6. The number of nitriles is 1. The van der Waals surface area contributed by atoms with Crippen molar-refractivity contribution in [3.05, 3.63) is 17.0 Å². The zero-order chi connectivity index (χ0) is 12.6. The molecule has 0 amide bonds. The molecule has 17 heavy (non-hydrogen) atoms. The quantitative estimate of drug-likeness (QED) is 0.696. The Morgan fingerprint density at radius 1 is 1.47 bits per heavy atom. The molecule has 0 bridgehead atoms. The van der Waals surface area contributed by atoms with Crippen molar-refractivity contribution in [1.82, 2.24) is 9.78 Å². The van der Waals surface area contributed by atoms with E-state index in [1.54, 1.807) is 0 Å². The smallest absolute Gasteiger partial charge is 0.257 e. The fourth-order valence-corrected chi connectivity index (χ4v) is 2.76. The molecule has 0 N–H and O–H groups in total. The average molecular weight is 237 g/mol. The van der Waals surface area contributed by atoms with Gasteiger partial charge in [0, 0.05) is 11.5 Å². The van der Waals surface area contributed by atoms with Crippen LogP contribution < -0.4 is 0 Å². The van der Waals surface area contributed by atoms with E-state index in [0.717, 1.165) is 0 Å². The van der Waals surface area contributed by atoms with Crippen molar-refractivity contribution in [2.75, 3.05) is 0 Å². The molecule has 0 aromatic carbocycles. The van der Waals surface area contributed by atoms with E-state index in [1.807, 2.05) is 26.8 Å². The minimum Gasteiger partial charge on any atom is -0.257 e. The maximum Gasteiger partial charge on any atom is 0.293 e. The van der Waals surface area contributed by atoms with E-state index in [2.05, 4.69) is 5.10 Å². The van der Waals surface area contributed by atoms with Crippen molar-refractivity contribution >= 4 is 0 Å². The lowest BCUT2D eigenvalue weighted by atomic mass is 10.1. The second kappa shape index (κ2) is 2.69. The van der Waals surface area contributed by atoms with Crippen molar-refractivity contribution in [2.24, 2.45) is 5.92 Å². The maximum atomic E-state index is 14.1. The van der Waals surface area contributed by atoms with Crippen LogP contribution >= 0.6 is 0 Å². The summed E-state index contributed by atoms with van der Waals surface area (Å²) in [7, 11) is 0.